The van der Waals surface area contributed by atoms with E-state index in [9.17, 15) is 18.3 Å². The van der Waals surface area contributed by atoms with Crippen LogP contribution in [0.15, 0.2) is 42.5 Å². The first kappa shape index (κ1) is 21.6. The molecule has 1 heterocycles. The van der Waals surface area contributed by atoms with Gasteiger partial charge in [-0.05, 0) is 41.2 Å². The molecular formula is C22H26N2O6S. The van der Waals surface area contributed by atoms with Gasteiger partial charge >= 0.3 is 5.97 Å². The second-order valence-electron chi connectivity index (χ2n) is 8.02. The normalized spacial score (nSPS) is 25.5. The second kappa shape index (κ2) is 7.81. The van der Waals surface area contributed by atoms with Crippen LogP contribution in [0, 0.1) is 5.92 Å². The minimum atomic E-state index is -4.04. The number of hydrogen-bond donors (Lipinski definition) is 2. The molecule has 2 aliphatic rings. The quantitative estimate of drug-likeness (QED) is 0.675. The van der Waals surface area contributed by atoms with Crippen LogP contribution in [0.1, 0.15) is 29.5 Å². The predicted molar refractivity (Wildman–Crippen MR) is 114 cm³/mol. The fourth-order valence-electron chi connectivity index (χ4n) is 4.64. The number of methoxy groups -OCH3 is 2. The van der Waals surface area contributed by atoms with E-state index in [4.69, 9.17) is 9.47 Å². The molecule has 1 aliphatic heterocycles. The average Bonchev–Trinajstić information content (AvgIpc) is 3.36. The number of nitrogens with one attached hydrogen (secondary N) is 1. The Hall–Kier alpha value is -2.62. The molecule has 31 heavy (non-hydrogen) atoms. The van der Waals surface area contributed by atoms with Gasteiger partial charge in [0.25, 0.3) is 10.2 Å². The third-order valence-electron chi connectivity index (χ3n) is 6.43. The molecule has 0 amide bonds. The van der Waals surface area contributed by atoms with E-state index in [1.807, 2.05) is 36.4 Å². The van der Waals surface area contributed by atoms with Gasteiger partial charge in [-0.1, -0.05) is 37.3 Å². The molecule has 9 heteroatoms. The number of carbonyl (C=O) groups is 1. The highest BCUT2D eigenvalue weighted by Gasteiger charge is 2.70. The predicted octanol–water partition coefficient (Wildman–Crippen LogP) is 2.15. The van der Waals surface area contributed by atoms with Crippen molar-refractivity contribution in [1.82, 2.24) is 9.03 Å². The van der Waals surface area contributed by atoms with Crippen molar-refractivity contribution in [2.45, 2.75) is 31.3 Å². The zero-order valence-corrected chi connectivity index (χ0v) is 18.5. The largest absolute Gasteiger partial charge is 0.493 e. The number of hydrogen-bond acceptors (Lipinski definition) is 5. The maximum Gasteiger partial charge on any atom is 0.325 e. The minimum absolute atomic E-state index is 0.130. The second-order valence-corrected chi connectivity index (χ2v) is 9.69. The Labute approximate surface area is 182 Å². The van der Waals surface area contributed by atoms with Crippen molar-refractivity contribution in [1.29, 1.82) is 0 Å². The molecule has 2 N–H and O–H groups in total. The maximum absolute atomic E-state index is 13.3. The summed E-state index contributed by atoms with van der Waals surface area (Å²) in [7, 11) is -0.965. The molecule has 0 aromatic heterocycles. The summed E-state index contributed by atoms with van der Waals surface area (Å²) in [6.45, 7) is 2.14. The highest BCUT2D eigenvalue weighted by atomic mass is 32.2. The number of carboxylic acids is 1. The van der Waals surface area contributed by atoms with Gasteiger partial charge in [0, 0.05) is 19.0 Å². The van der Waals surface area contributed by atoms with E-state index in [1.165, 1.54) is 11.4 Å². The molecule has 166 valence electrons. The van der Waals surface area contributed by atoms with Gasteiger partial charge in [0.15, 0.2) is 11.5 Å². The number of carboxylic acid groups (broad SMARTS) is 1. The number of fused-ring (bicyclic) bond motifs is 1. The van der Waals surface area contributed by atoms with Crippen LogP contribution >= 0.6 is 0 Å². The molecule has 3 atom stereocenters. The average molecular weight is 447 g/mol. The first-order valence-electron chi connectivity index (χ1n) is 10.1. The highest BCUT2D eigenvalue weighted by molar-refractivity contribution is 7.87. The van der Waals surface area contributed by atoms with Gasteiger partial charge in [0.2, 0.25) is 0 Å². The van der Waals surface area contributed by atoms with Gasteiger partial charge in [-0.2, -0.15) is 17.4 Å². The summed E-state index contributed by atoms with van der Waals surface area (Å²) < 4.78 is 41.0. The van der Waals surface area contributed by atoms with Crippen molar-refractivity contribution in [2.24, 2.45) is 5.92 Å². The van der Waals surface area contributed by atoms with Crippen LogP contribution in [0.4, 0.5) is 0 Å². The van der Waals surface area contributed by atoms with Gasteiger partial charge < -0.3 is 14.6 Å². The van der Waals surface area contributed by atoms with Crippen molar-refractivity contribution in [2.75, 3.05) is 20.8 Å². The lowest BCUT2D eigenvalue weighted by atomic mass is 10.0. The van der Waals surface area contributed by atoms with E-state index < -0.39 is 27.6 Å². The molecule has 4 rings (SSSR count). The van der Waals surface area contributed by atoms with Crippen molar-refractivity contribution >= 4 is 16.2 Å². The van der Waals surface area contributed by atoms with Crippen molar-refractivity contribution in [3.8, 4) is 11.5 Å². The third-order valence-corrected chi connectivity index (χ3v) is 8.02. The van der Waals surface area contributed by atoms with Crippen LogP contribution in [0.25, 0.3) is 0 Å². The van der Waals surface area contributed by atoms with Crippen LogP contribution < -0.4 is 14.2 Å². The third kappa shape index (κ3) is 3.56. The summed E-state index contributed by atoms with van der Waals surface area (Å²) in [4.78, 5) is 12.2. The molecule has 0 spiro atoms. The molecule has 1 aliphatic carbocycles. The van der Waals surface area contributed by atoms with E-state index in [0.29, 0.717) is 17.9 Å². The maximum atomic E-state index is 13.3. The summed E-state index contributed by atoms with van der Waals surface area (Å²) in [6.07, 6.45) is 0.494. The monoisotopic (exact) mass is 446 g/mol. The number of nitrogens with zero attached hydrogens (tertiary/aromatic N) is 1. The van der Waals surface area contributed by atoms with Crippen molar-refractivity contribution < 1.29 is 27.8 Å². The number of aliphatic carboxylic acids is 1. The van der Waals surface area contributed by atoms with Gasteiger partial charge in [-0.25, -0.2) is 0 Å². The molecule has 1 fully saturated rings. The SMILES string of the molecule is COc1cc2c(cc1OC)CN(S(=O)(=O)N[C@@]1(C(=O)O)[C@H](C)[C@@H]1c1ccccc1)CC2. The fraction of sp³-hybridized carbons (Fsp3) is 0.409. The van der Waals surface area contributed by atoms with E-state index >= 15 is 0 Å². The highest BCUT2D eigenvalue weighted by Crippen LogP contribution is 2.58. The minimum Gasteiger partial charge on any atom is -0.493 e. The lowest BCUT2D eigenvalue weighted by Gasteiger charge is -2.30. The summed E-state index contributed by atoms with van der Waals surface area (Å²) in [5, 5.41) is 9.98. The lowest BCUT2D eigenvalue weighted by molar-refractivity contribution is -0.140. The van der Waals surface area contributed by atoms with E-state index in [1.54, 1.807) is 20.1 Å². The van der Waals surface area contributed by atoms with E-state index in [-0.39, 0.29) is 19.0 Å². The van der Waals surface area contributed by atoms with Crippen LogP contribution in [-0.2, 0) is 28.0 Å². The Balaban J connectivity index is 1.60. The van der Waals surface area contributed by atoms with Crippen molar-refractivity contribution in [3.05, 3.63) is 59.2 Å². The first-order valence-corrected chi connectivity index (χ1v) is 11.5. The van der Waals surface area contributed by atoms with Crippen LogP contribution in [0.2, 0.25) is 0 Å². The molecular weight excluding hydrogens is 420 g/mol. The Bertz CT molecular complexity index is 1100. The summed E-state index contributed by atoms with van der Waals surface area (Å²) in [5.41, 5.74) is 1.04. The fourth-order valence-corrected chi connectivity index (χ4v) is 6.24. The van der Waals surface area contributed by atoms with Crippen LogP contribution in [0.3, 0.4) is 0 Å². The molecule has 0 saturated heterocycles. The molecule has 0 unspecified atom stereocenters. The topological polar surface area (TPSA) is 105 Å². The Morgan fingerprint density at radius 1 is 1.13 bits per heavy atom. The first-order chi connectivity index (χ1) is 14.7. The number of rotatable bonds is 7. The smallest absolute Gasteiger partial charge is 0.325 e. The standard InChI is InChI=1S/C22H26N2O6S/c1-14-20(15-7-5-4-6-8-15)22(14,21(25)26)23-31(27,28)24-10-9-16-11-18(29-2)19(30-3)12-17(16)13-24/h4-8,11-12,14,20,23H,9-10,13H2,1-3H3,(H,25,26)/t14-,20-,22+/m1/s1. The molecule has 0 bridgehead atoms. The van der Waals surface area contributed by atoms with Gasteiger partial charge in [-0.15, -0.1) is 0 Å². The number of ether oxygens (including phenoxy) is 2. The summed E-state index contributed by atoms with van der Waals surface area (Å²) in [6, 6.07) is 12.8. The Morgan fingerprint density at radius 3 is 2.32 bits per heavy atom. The van der Waals surface area contributed by atoms with Gasteiger partial charge in [-0.3, -0.25) is 4.79 Å². The summed E-state index contributed by atoms with van der Waals surface area (Å²) in [5.74, 6) is -0.847. The molecule has 2 aromatic carbocycles. The van der Waals surface area contributed by atoms with Crippen molar-refractivity contribution in [3.63, 3.8) is 0 Å². The number of benzene rings is 2. The zero-order chi connectivity index (χ0) is 22.4. The molecule has 8 nitrogen and oxygen atoms in total. The zero-order valence-electron chi connectivity index (χ0n) is 17.7. The van der Waals surface area contributed by atoms with E-state index in [0.717, 1.165) is 16.7 Å². The van der Waals surface area contributed by atoms with Gasteiger partial charge in [0.05, 0.1) is 14.2 Å². The Kier molecular flexibility index (Phi) is 5.45. The lowest BCUT2D eigenvalue weighted by Crippen LogP contribution is -2.52. The van der Waals surface area contributed by atoms with E-state index in [2.05, 4.69) is 4.72 Å². The molecule has 0 radical (unpaired) electrons. The summed E-state index contributed by atoms with van der Waals surface area (Å²) >= 11 is 0. The Morgan fingerprint density at radius 2 is 1.74 bits per heavy atom. The van der Waals surface area contributed by atoms with Gasteiger partial charge in [0.1, 0.15) is 5.54 Å². The van der Waals surface area contributed by atoms with Crippen LogP contribution in [-0.4, -0.2) is 50.1 Å². The van der Waals surface area contributed by atoms with Crippen LogP contribution in [0.5, 0.6) is 11.5 Å². The molecule has 1 saturated carbocycles. The molecule has 2 aromatic rings.